The molecule has 3 rings (SSSR count). The Morgan fingerprint density at radius 2 is 1.68 bits per heavy atom. The van der Waals surface area contributed by atoms with Gasteiger partial charge in [0.1, 0.15) is 0 Å². The maximum atomic E-state index is 12.7. The van der Waals surface area contributed by atoms with Crippen molar-refractivity contribution in [1.29, 1.82) is 0 Å². The van der Waals surface area contributed by atoms with E-state index in [9.17, 15) is 9.00 Å². The van der Waals surface area contributed by atoms with Crippen molar-refractivity contribution in [3.05, 3.63) is 71.2 Å². The number of primary amides is 1. The van der Waals surface area contributed by atoms with Crippen LogP contribution in [0.15, 0.2) is 70.5 Å². The molecule has 0 heterocycles. The third kappa shape index (κ3) is 2.75. The Hall–Kier alpha value is -2.17. The summed E-state index contributed by atoms with van der Waals surface area (Å²) in [4.78, 5) is 12.3. The summed E-state index contributed by atoms with van der Waals surface area (Å²) in [5, 5.41) is 2.36. The zero-order valence-corrected chi connectivity index (χ0v) is 13.0. The van der Waals surface area contributed by atoms with E-state index in [0.29, 0.717) is 15.4 Å². The Morgan fingerprint density at radius 1 is 0.955 bits per heavy atom. The Labute approximate surface area is 135 Å². The summed E-state index contributed by atoms with van der Waals surface area (Å²) in [6, 6.07) is 18.0. The van der Waals surface area contributed by atoms with Crippen molar-refractivity contribution in [2.24, 2.45) is 5.73 Å². The smallest absolute Gasteiger partial charge is 0.248 e. The summed E-state index contributed by atoms with van der Waals surface area (Å²) in [6.07, 6.45) is 0. The van der Waals surface area contributed by atoms with Gasteiger partial charge < -0.3 is 5.73 Å². The highest BCUT2D eigenvalue weighted by Crippen LogP contribution is 2.27. The number of hydrogen-bond donors (Lipinski definition) is 1. The van der Waals surface area contributed by atoms with Gasteiger partial charge in [-0.1, -0.05) is 41.9 Å². The van der Waals surface area contributed by atoms with Crippen LogP contribution in [0.5, 0.6) is 0 Å². The standard InChI is InChI=1S/C17H12ClNO2S/c18-15-10-13(17(19)20)6-8-16(15)22(21)14-7-5-11-3-1-2-4-12(11)9-14/h1-10H,(H2,19,20). The lowest BCUT2D eigenvalue weighted by molar-refractivity contribution is 0.1000. The number of benzene rings is 3. The molecule has 1 unspecified atom stereocenters. The highest BCUT2D eigenvalue weighted by Gasteiger charge is 2.13. The minimum Gasteiger partial charge on any atom is -0.366 e. The Balaban J connectivity index is 2.03. The van der Waals surface area contributed by atoms with Gasteiger partial charge in [-0.25, -0.2) is 4.21 Å². The topological polar surface area (TPSA) is 60.2 Å². The third-order valence-electron chi connectivity index (χ3n) is 3.35. The van der Waals surface area contributed by atoms with E-state index in [1.807, 2.05) is 42.5 Å². The van der Waals surface area contributed by atoms with E-state index in [1.54, 1.807) is 6.07 Å². The van der Waals surface area contributed by atoms with Gasteiger partial charge in [0, 0.05) is 10.5 Å². The molecule has 0 bridgehead atoms. The van der Waals surface area contributed by atoms with Crippen molar-refractivity contribution in [3.8, 4) is 0 Å². The van der Waals surface area contributed by atoms with Crippen LogP contribution in [-0.2, 0) is 10.8 Å². The van der Waals surface area contributed by atoms with E-state index in [-0.39, 0.29) is 5.02 Å². The fourth-order valence-electron chi connectivity index (χ4n) is 2.21. The van der Waals surface area contributed by atoms with E-state index in [2.05, 4.69) is 0 Å². The van der Waals surface area contributed by atoms with Gasteiger partial charge in [0.15, 0.2) is 0 Å². The van der Waals surface area contributed by atoms with Gasteiger partial charge in [-0.2, -0.15) is 0 Å². The zero-order valence-electron chi connectivity index (χ0n) is 11.5. The predicted molar refractivity (Wildman–Crippen MR) is 88.6 cm³/mol. The second kappa shape index (κ2) is 5.91. The van der Waals surface area contributed by atoms with Crippen molar-refractivity contribution < 1.29 is 9.00 Å². The molecule has 0 saturated carbocycles. The van der Waals surface area contributed by atoms with Crippen molar-refractivity contribution in [2.45, 2.75) is 9.79 Å². The van der Waals surface area contributed by atoms with Crippen LogP contribution in [0.1, 0.15) is 10.4 Å². The van der Waals surface area contributed by atoms with E-state index in [1.165, 1.54) is 12.1 Å². The number of fused-ring (bicyclic) bond motifs is 1. The first-order valence-electron chi connectivity index (χ1n) is 6.56. The van der Waals surface area contributed by atoms with Crippen LogP contribution in [0.2, 0.25) is 5.02 Å². The maximum Gasteiger partial charge on any atom is 0.248 e. The van der Waals surface area contributed by atoms with Gasteiger partial charge in [0.25, 0.3) is 0 Å². The average molecular weight is 330 g/mol. The molecule has 5 heteroatoms. The molecule has 0 aromatic heterocycles. The molecule has 3 nitrogen and oxygen atoms in total. The van der Waals surface area contributed by atoms with E-state index in [0.717, 1.165) is 10.8 Å². The third-order valence-corrected chi connectivity index (χ3v) is 5.21. The predicted octanol–water partition coefficient (Wildman–Crippen LogP) is 3.76. The number of carbonyl (C=O) groups is 1. The maximum absolute atomic E-state index is 12.7. The van der Waals surface area contributed by atoms with E-state index >= 15 is 0 Å². The van der Waals surface area contributed by atoms with Crippen molar-refractivity contribution in [2.75, 3.05) is 0 Å². The summed E-state index contributed by atoms with van der Waals surface area (Å²) in [5.41, 5.74) is 5.50. The van der Waals surface area contributed by atoms with Crippen LogP contribution in [-0.4, -0.2) is 10.1 Å². The first-order valence-corrected chi connectivity index (χ1v) is 8.09. The Kier molecular flexibility index (Phi) is 3.96. The van der Waals surface area contributed by atoms with Gasteiger partial charge in [0.05, 0.1) is 20.7 Å². The van der Waals surface area contributed by atoms with Crippen molar-refractivity contribution >= 4 is 39.1 Å². The SMILES string of the molecule is NC(=O)c1ccc(S(=O)c2ccc3ccccc3c2)c(Cl)c1. The Morgan fingerprint density at radius 3 is 2.36 bits per heavy atom. The zero-order chi connectivity index (χ0) is 15.7. The van der Waals surface area contributed by atoms with Crippen LogP contribution in [0.4, 0.5) is 0 Å². The molecule has 2 N–H and O–H groups in total. The van der Waals surface area contributed by atoms with Crippen molar-refractivity contribution in [1.82, 2.24) is 0 Å². The number of hydrogen-bond acceptors (Lipinski definition) is 2. The van der Waals surface area contributed by atoms with Gasteiger partial charge in [-0.3, -0.25) is 4.79 Å². The van der Waals surface area contributed by atoms with Crippen LogP contribution >= 0.6 is 11.6 Å². The minimum absolute atomic E-state index is 0.266. The highest BCUT2D eigenvalue weighted by molar-refractivity contribution is 7.85. The quantitative estimate of drug-likeness (QED) is 0.795. The molecule has 0 aliphatic carbocycles. The van der Waals surface area contributed by atoms with Crippen LogP contribution in [0.3, 0.4) is 0 Å². The molecule has 0 aliphatic heterocycles. The largest absolute Gasteiger partial charge is 0.366 e. The summed E-state index contributed by atoms with van der Waals surface area (Å²) in [7, 11) is -1.42. The van der Waals surface area contributed by atoms with Crippen molar-refractivity contribution in [3.63, 3.8) is 0 Å². The molecule has 0 spiro atoms. The summed E-state index contributed by atoms with van der Waals surface area (Å²) in [5.74, 6) is -0.565. The summed E-state index contributed by atoms with van der Waals surface area (Å²) >= 11 is 6.14. The molecule has 1 amide bonds. The lowest BCUT2D eigenvalue weighted by atomic mass is 10.1. The lowest BCUT2D eigenvalue weighted by Gasteiger charge is -2.07. The average Bonchev–Trinajstić information content (AvgIpc) is 2.53. The first-order chi connectivity index (χ1) is 10.6. The first kappa shape index (κ1) is 14.8. The summed E-state index contributed by atoms with van der Waals surface area (Å²) < 4.78 is 12.7. The fourth-order valence-corrected chi connectivity index (χ4v) is 3.71. The molecule has 0 saturated heterocycles. The second-order valence-electron chi connectivity index (χ2n) is 4.79. The molecule has 3 aromatic rings. The van der Waals surface area contributed by atoms with Gasteiger partial charge in [-0.05, 0) is 41.1 Å². The van der Waals surface area contributed by atoms with E-state index < -0.39 is 16.7 Å². The normalized spacial score (nSPS) is 12.2. The van der Waals surface area contributed by atoms with Crippen LogP contribution < -0.4 is 5.73 Å². The number of nitrogens with two attached hydrogens (primary N) is 1. The summed E-state index contributed by atoms with van der Waals surface area (Å²) in [6.45, 7) is 0. The molecular weight excluding hydrogens is 318 g/mol. The number of halogens is 1. The van der Waals surface area contributed by atoms with Crippen LogP contribution in [0.25, 0.3) is 10.8 Å². The fraction of sp³-hybridized carbons (Fsp3) is 0. The molecule has 0 radical (unpaired) electrons. The van der Waals surface area contributed by atoms with Gasteiger partial charge in [0.2, 0.25) is 5.91 Å². The molecule has 1 atom stereocenters. The minimum atomic E-state index is -1.42. The molecule has 110 valence electrons. The number of rotatable bonds is 3. The monoisotopic (exact) mass is 329 g/mol. The molecule has 22 heavy (non-hydrogen) atoms. The molecule has 3 aromatic carbocycles. The van der Waals surface area contributed by atoms with Gasteiger partial charge >= 0.3 is 0 Å². The lowest BCUT2D eigenvalue weighted by Crippen LogP contribution is -2.11. The second-order valence-corrected chi connectivity index (χ2v) is 6.64. The molecule has 0 fully saturated rings. The molecular formula is C17H12ClNO2S. The van der Waals surface area contributed by atoms with Crippen LogP contribution in [0, 0.1) is 0 Å². The molecule has 0 aliphatic rings. The highest BCUT2D eigenvalue weighted by atomic mass is 35.5. The Bertz CT molecular complexity index is 908. The number of amides is 1. The van der Waals surface area contributed by atoms with E-state index in [4.69, 9.17) is 17.3 Å². The number of carbonyl (C=O) groups excluding carboxylic acids is 1. The van der Waals surface area contributed by atoms with Gasteiger partial charge in [-0.15, -0.1) is 0 Å².